The van der Waals surface area contributed by atoms with Gasteiger partial charge in [0.1, 0.15) is 5.56 Å². The summed E-state index contributed by atoms with van der Waals surface area (Å²) in [6, 6.07) is 4.11. The van der Waals surface area contributed by atoms with E-state index in [0.29, 0.717) is 11.4 Å². The van der Waals surface area contributed by atoms with Gasteiger partial charge in [-0.15, -0.1) is 0 Å². The number of aliphatic hydroxyl groups is 1. The van der Waals surface area contributed by atoms with Crippen LogP contribution in [0.3, 0.4) is 0 Å². The monoisotopic (exact) mass is 367 g/mol. The lowest BCUT2D eigenvalue weighted by atomic mass is 10.1. The van der Waals surface area contributed by atoms with Gasteiger partial charge in [-0.2, -0.15) is 0 Å². The number of rotatable bonds is 8. The number of anilines is 1. The molecule has 1 heterocycles. The topological polar surface area (TPSA) is 97.1 Å². The molecule has 0 spiro atoms. The summed E-state index contributed by atoms with van der Waals surface area (Å²) in [7, 11) is 6.22. The molecule has 9 heteroatoms. The van der Waals surface area contributed by atoms with E-state index in [1.165, 1.54) is 32.4 Å². The number of nitrogens with one attached hydrogen (secondary N) is 1. The van der Waals surface area contributed by atoms with Gasteiger partial charge in [0, 0.05) is 33.3 Å². The number of hydrogen-bond acceptors (Lipinski definition) is 7. The van der Waals surface area contributed by atoms with Crippen molar-refractivity contribution in [1.82, 2.24) is 10.5 Å². The Kier molecular flexibility index (Phi) is 6.53. The standard InChI is InChI=1S/C17H22FN3O5/c1-21(2)16-14(17(23)19-8-11(22)9-24-3)15(26-20-16)10-5-6-12(18)13(7-10)25-4/h5-7,11,22H,8-9H2,1-4H3,(H,19,23). The van der Waals surface area contributed by atoms with Crippen LogP contribution < -0.4 is 15.0 Å². The first kappa shape index (κ1) is 19.7. The second-order valence-corrected chi connectivity index (χ2v) is 5.77. The highest BCUT2D eigenvalue weighted by Crippen LogP contribution is 2.33. The molecule has 1 atom stereocenters. The maximum atomic E-state index is 13.7. The predicted octanol–water partition coefficient (Wildman–Crippen LogP) is 1.29. The number of aromatic nitrogens is 1. The molecule has 0 saturated heterocycles. The van der Waals surface area contributed by atoms with Crippen molar-refractivity contribution in [3.05, 3.63) is 29.6 Å². The Bertz CT molecular complexity index is 763. The smallest absolute Gasteiger partial charge is 0.259 e. The van der Waals surface area contributed by atoms with Crippen LogP contribution in [0.15, 0.2) is 22.7 Å². The van der Waals surface area contributed by atoms with E-state index < -0.39 is 17.8 Å². The second kappa shape index (κ2) is 8.63. The zero-order chi connectivity index (χ0) is 19.3. The summed E-state index contributed by atoms with van der Waals surface area (Å²) >= 11 is 0. The van der Waals surface area contributed by atoms with Gasteiger partial charge in [0.05, 0.1) is 19.8 Å². The molecule has 0 aliphatic heterocycles. The van der Waals surface area contributed by atoms with Crippen molar-refractivity contribution in [1.29, 1.82) is 0 Å². The van der Waals surface area contributed by atoms with Crippen molar-refractivity contribution < 1.29 is 28.3 Å². The number of aliphatic hydroxyl groups excluding tert-OH is 1. The largest absolute Gasteiger partial charge is 0.494 e. The summed E-state index contributed by atoms with van der Waals surface area (Å²) in [5.74, 6) is -0.513. The molecule has 2 rings (SSSR count). The fourth-order valence-electron chi connectivity index (χ4n) is 2.34. The first-order chi connectivity index (χ1) is 12.4. The summed E-state index contributed by atoms with van der Waals surface area (Å²) in [4.78, 5) is 14.3. The van der Waals surface area contributed by atoms with Crippen molar-refractivity contribution in [3.8, 4) is 17.1 Å². The quantitative estimate of drug-likeness (QED) is 0.726. The molecule has 0 fully saturated rings. The van der Waals surface area contributed by atoms with Gasteiger partial charge in [0.2, 0.25) is 0 Å². The Labute approximate surface area is 150 Å². The van der Waals surface area contributed by atoms with Gasteiger partial charge in [-0.3, -0.25) is 4.79 Å². The van der Waals surface area contributed by atoms with Crippen molar-refractivity contribution >= 4 is 11.7 Å². The van der Waals surface area contributed by atoms with Crippen LogP contribution in [0.25, 0.3) is 11.3 Å². The van der Waals surface area contributed by atoms with Crippen molar-refractivity contribution in [3.63, 3.8) is 0 Å². The normalized spacial score (nSPS) is 11.9. The van der Waals surface area contributed by atoms with Gasteiger partial charge in [-0.05, 0) is 18.2 Å². The lowest BCUT2D eigenvalue weighted by molar-refractivity contribution is 0.0610. The molecule has 0 saturated carbocycles. The number of carbonyl (C=O) groups is 1. The molecule has 0 aliphatic carbocycles. The maximum Gasteiger partial charge on any atom is 0.259 e. The summed E-state index contributed by atoms with van der Waals surface area (Å²) < 4.78 is 28.8. The van der Waals surface area contributed by atoms with E-state index in [1.54, 1.807) is 19.0 Å². The SMILES string of the molecule is COCC(O)CNC(=O)c1c(N(C)C)noc1-c1ccc(F)c(OC)c1. The van der Waals surface area contributed by atoms with E-state index in [2.05, 4.69) is 10.5 Å². The lowest BCUT2D eigenvalue weighted by Gasteiger charge is -2.13. The summed E-state index contributed by atoms with van der Waals surface area (Å²) in [6.07, 6.45) is -0.846. The first-order valence-corrected chi connectivity index (χ1v) is 7.85. The molecule has 0 radical (unpaired) electrons. The van der Waals surface area contributed by atoms with Gasteiger partial charge in [0.25, 0.3) is 5.91 Å². The molecule has 1 aromatic heterocycles. The van der Waals surface area contributed by atoms with Crippen molar-refractivity contribution in [2.75, 3.05) is 46.4 Å². The number of methoxy groups -OCH3 is 2. The predicted molar refractivity (Wildman–Crippen MR) is 93.0 cm³/mol. The summed E-state index contributed by atoms with van der Waals surface area (Å²) in [5.41, 5.74) is 0.611. The van der Waals surface area contributed by atoms with Crippen molar-refractivity contribution in [2.24, 2.45) is 0 Å². The molecule has 8 nitrogen and oxygen atoms in total. The van der Waals surface area contributed by atoms with Crippen LogP contribution in [-0.4, -0.2) is 63.7 Å². The summed E-state index contributed by atoms with van der Waals surface area (Å²) in [5, 5.41) is 16.2. The van der Waals surface area contributed by atoms with E-state index in [9.17, 15) is 14.3 Å². The highest BCUT2D eigenvalue weighted by Gasteiger charge is 2.26. The Morgan fingerprint density at radius 1 is 1.42 bits per heavy atom. The third-order valence-electron chi connectivity index (χ3n) is 3.60. The van der Waals surface area contributed by atoms with E-state index in [4.69, 9.17) is 14.0 Å². The van der Waals surface area contributed by atoms with Crippen LogP contribution in [0.1, 0.15) is 10.4 Å². The minimum absolute atomic E-state index is 0.00307. The third-order valence-corrected chi connectivity index (χ3v) is 3.60. The number of ether oxygens (including phenoxy) is 2. The molecule has 26 heavy (non-hydrogen) atoms. The number of carbonyl (C=O) groups excluding carboxylic acids is 1. The third kappa shape index (κ3) is 4.30. The molecule has 2 aromatic rings. The van der Waals surface area contributed by atoms with Crippen LogP contribution in [-0.2, 0) is 4.74 Å². The maximum absolute atomic E-state index is 13.7. The molecule has 0 bridgehead atoms. The van der Waals surface area contributed by atoms with Crippen LogP contribution in [0.4, 0.5) is 10.2 Å². The molecule has 1 aromatic carbocycles. The molecule has 1 unspecified atom stereocenters. The second-order valence-electron chi connectivity index (χ2n) is 5.77. The lowest BCUT2D eigenvalue weighted by Crippen LogP contribution is -2.35. The van der Waals surface area contributed by atoms with Crippen LogP contribution >= 0.6 is 0 Å². The minimum Gasteiger partial charge on any atom is -0.494 e. The van der Waals surface area contributed by atoms with Crippen molar-refractivity contribution in [2.45, 2.75) is 6.10 Å². The van der Waals surface area contributed by atoms with Gasteiger partial charge in [0.15, 0.2) is 23.1 Å². The average Bonchev–Trinajstić information content (AvgIpc) is 3.05. The zero-order valence-electron chi connectivity index (χ0n) is 15.1. The average molecular weight is 367 g/mol. The Hall–Kier alpha value is -2.65. The summed E-state index contributed by atoms with van der Waals surface area (Å²) in [6.45, 7) is 0.0867. The minimum atomic E-state index is -0.846. The highest BCUT2D eigenvalue weighted by atomic mass is 19.1. The Morgan fingerprint density at radius 2 is 2.15 bits per heavy atom. The van der Waals surface area contributed by atoms with Gasteiger partial charge in [-0.25, -0.2) is 4.39 Å². The number of amides is 1. The molecule has 1 amide bonds. The molecule has 2 N–H and O–H groups in total. The molecular weight excluding hydrogens is 345 g/mol. The van der Waals surface area contributed by atoms with E-state index in [0.717, 1.165) is 0 Å². The van der Waals surface area contributed by atoms with Gasteiger partial charge < -0.3 is 29.3 Å². The number of halogens is 1. The van der Waals surface area contributed by atoms with Gasteiger partial charge >= 0.3 is 0 Å². The van der Waals surface area contributed by atoms with Gasteiger partial charge in [-0.1, -0.05) is 5.16 Å². The zero-order valence-corrected chi connectivity index (χ0v) is 15.1. The Morgan fingerprint density at radius 3 is 2.77 bits per heavy atom. The molecule has 0 aliphatic rings. The first-order valence-electron chi connectivity index (χ1n) is 7.85. The van der Waals surface area contributed by atoms with Crippen LogP contribution in [0.5, 0.6) is 5.75 Å². The van der Waals surface area contributed by atoms with Crippen LogP contribution in [0.2, 0.25) is 0 Å². The number of hydrogen-bond donors (Lipinski definition) is 2. The van der Waals surface area contributed by atoms with E-state index in [1.807, 2.05) is 0 Å². The molecular formula is C17H22FN3O5. The van der Waals surface area contributed by atoms with E-state index >= 15 is 0 Å². The number of nitrogens with zero attached hydrogens (tertiary/aromatic N) is 2. The fourth-order valence-corrected chi connectivity index (χ4v) is 2.34. The van der Waals surface area contributed by atoms with E-state index in [-0.39, 0.29) is 30.2 Å². The fraction of sp³-hybridized carbons (Fsp3) is 0.412. The Balaban J connectivity index is 2.38. The molecule has 142 valence electrons. The highest BCUT2D eigenvalue weighted by molar-refractivity contribution is 6.04. The number of benzene rings is 1. The van der Waals surface area contributed by atoms with Crippen LogP contribution in [0, 0.1) is 5.82 Å².